The van der Waals surface area contributed by atoms with Crippen molar-refractivity contribution in [3.05, 3.63) is 11.3 Å². The lowest BCUT2D eigenvalue weighted by Gasteiger charge is -2.40. The van der Waals surface area contributed by atoms with Crippen LogP contribution in [0.4, 0.5) is 10.6 Å². The number of aryl methyl sites for hydroxylation is 1. The minimum Gasteiger partial charge on any atom is -0.444 e. The fourth-order valence-corrected chi connectivity index (χ4v) is 6.89. The number of piperidine rings is 1. The summed E-state index contributed by atoms with van der Waals surface area (Å²) in [6.07, 6.45) is 6.46. The highest BCUT2D eigenvalue weighted by Gasteiger charge is 2.44. The number of nitrogens with two attached hydrogens (primary N) is 1. The largest absolute Gasteiger partial charge is 0.444 e. The van der Waals surface area contributed by atoms with Crippen molar-refractivity contribution in [3.8, 4) is 0 Å². The second-order valence-electron chi connectivity index (χ2n) is 13.1. The standard InChI is InChI=1S/C28H45N5O4/c1-27(2,3)37-26(36)33-9-7-21(8-10-33)28(4,5)25(35)30-15-17-11-18-13-20(14-19(18)12-17)23-22(16-34)24(29)32(6)31-23/h16-21H,7-15,29H2,1-6H3,(H,30,35). The fourth-order valence-electron chi connectivity index (χ4n) is 6.89. The van der Waals surface area contributed by atoms with Crippen LogP contribution in [0.3, 0.4) is 0 Å². The van der Waals surface area contributed by atoms with E-state index in [1.54, 1.807) is 16.6 Å². The number of ether oxygens (including phenoxy) is 1. The van der Waals surface area contributed by atoms with Crippen LogP contribution in [0.25, 0.3) is 0 Å². The smallest absolute Gasteiger partial charge is 0.410 e. The lowest BCUT2D eigenvalue weighted by molar-refractivity contribution is -0.133. The Morgan fingerprint density at radius 1 is 1.08 bits per heavy atom. The van der Waals surface area contributed by atoms with Crippen molar-refractivity contribution in [1.82, 2.24) is 20.0 Å². The van der Waals surface area contributed by atoms with Gasteiger partial charge in [-0.1, -0.05) is 13.8 Å². The van der Waals surface area contributed by atoms with Gasteiger partial charge in [-0.15, -0.1) is 0 Å². The number of aldehydes is 1. The minimum atomic E-state index is -0.502. The van der Waals surface area contributed by atoms with Crippen molar-refractivity contribution in [3.63, 3.8) is 0 Å². The zero-order chi connectivity index (χ0) is 27.1. The average Bonchev–Trinajstić information content (AvgIpc) is 3.47. The molecule has 0 bridgehead atoms. The molecule has 0 aromatic carbocycles. The van der Waals surface area contributed by atoms with Gasteiger partial charge in [-0.2, -0.15) is 5.10 Å². The maximum Gasteiger partial charge on any atom is 0.410 e. The van der Waals surface area contributed by atoms with Gasteiger partial charge in [0.15, 0.2) is 6.29 Å². The molecule has 2 atom stereocenters. The van der Waals surface area contributed by atoms with Crippen LogP contribution in [0.15, 0.2) is 0 Å². The lowest BCUT2D eigenvalue weighted by atomic mass is 9.73. The Hall–Kier alpha value is -2.58. The highest BCUT2D eigenvalue weighted by Crippen LogP contribution is 2.52. The predicted molar refractivity (Wildman–Crippen MR) is 142 cm³/mol. The van der Waals surface area contributed by atoms with Crippen molar-refractivity contribution >= 4 is 24.1 Å². The first kappa shape index (κ1) is 27.5. The molecule has 2 heterocycles. The molecule has 2 saturated carbocycles. The summed E-state index contributed by atoms with van der Waals surface area (Å²) in [5.41, 5.74) is 6.45. The molecule has 9 nitrogen and oxygen atoms in total. The first-order valence-electron chi connectivity index (χ1n) is 13.8. The summed E-state index contributed by atoms with van der Waals surface area (Å²) in [5, 5.41) is 7.81. The van der Waals surface area contributed by atoms with Gasteiger partial charge in [0.1, 0.15) is 11.4 Å². The lowest BCUT2D eigenvalue weighted by Crippen LogP contribution is -2.49. The summed E-state index contributed by atoms with van der Waals surface area (Å²) < 4.78 is 7.11. The highest BCUT2D eigenvalue weighted by atomic mass is 16.6. The average molecular weight is 516 g/mol. The molecule has 1 saturated heterocycles. The van der Waals surface area contributed by atoms with Crippen LogP contribution in [0.5, 0.6) is 0 Å². The molecule has 1 aliphatic heterocycles. The molecule has 2 amide bonds. The number of likely N-dealkylation sites (tertiary alicyclic amines) is 1. The number of amides is 2. The van der Waals surface area contributed by atoms with Crippen LogP contribution in [0.2, 0.25) is 0 Å². The second-order valence-corrected chi connectivity index (χ2v) is 13.1. The maximum atomic E-state index is 13.2. The fraction of sp³-hybridized carbons (Fsp3) is 0.786. The number of nitrogens with one attached hydrogen (secondary N) is 1. The summed E-state index contributed by atoms with van der Waals surface area (Å²) in [6.45, 7) is 11.7. The summed E-state index contributed by atoms with van der Waals surface area (Å²) in [7, 11) is 1.78. The molecule has 4 rings (SSSR count). The SMILES string of the molecule is Cn1nc(C2CC3CC(CNC(=O)C(C)(C)C4CCN(C(=O)OC(C)(C)C)CC4)CC3C2)c(C=O)c1N. The maximum absolute atomic E-state index is 13.2. The van der Waals surface area contributed by atoms with Crippen molar-refractivity contribution in [2.45, 2.75) is 84.7 Å². The Morgan fingerprint density at radius 2 is 1.68 bits per heavy atom. The third-order valence-electron chi connectivity index (χ3n) is 9.08. The van der Waals surface area contributed by atoms with E-state index in [-0.39, 0.29) is 17.9 Å². The minimum absolute atomic E-state index is 0.109. The molecule has 1 aromatic rings. The normalized spacial score (nSPS) is 26.7. The second kappa shape index (κ2) is 10.3. The summed E-state index contributed by atoms with van der Waals surface area (Å²) in [6, 6.07) is 0. The van der Waals surface area contributed by atoms with Crippen molar-refractivity contribution in [2.75, 3.05) is 25.4 Å². The third-order valence-corrected chi connectivity index (χ3v) is 9.08. The zero-order valence-corrected chi connectivity index (χ0v) is 23.4. The van der Waals surface area contributed by atoms with Crippen LogP contribution in [0, 0.1) is 29.1 Å². The quantitative estimate of drug-likeness (QED) is 0.550. The van der Waals surface area contributed by atoms with Crippen LogP contribution in [-0.2, 0) is 16.6 Å². The van der Waals surface area contributed by atoms with E-state index in [2.05, 4.69) is 10.4 Å². The molecule has 0 spiro atoms. The Morgan fingerprint density at radius 3 is 2.22 bits per heavy atom. The number of anilines is 1. The van der Waals surface area contributed by atoms with E-state index in [9.17, 15) is 14.4 Å². The first-order chi connectivity index (χ1) is 17.3. The number of nitrogens with zero attached hydrogens (tertiary/aromatic N) is 3. The zero-order valence-electron chi connectivity index (χ0n) is 23.4. The summed E-state index contributed by atoms with van der Waals surface area (Å²) >= 11 is 0. The predicted octanol–water partition coefficient (Wildman–Crippen LogP) is 4.12. The molecule has 1 aromatic heterocycles. The number of nitrogen functional groups attached to an aromatic ring is 1. The Labute approximate surface area is 220 Å². The Balaban J connectivity index is 1.23. The van der Waals surface area contributed by atoms with E-state index in [0.717, 1.165) is 50.5 Å². The number of hydrogen-bond acceptors (Lipinski definition) is 6. The molecule has 2 aliphatic carbocycles. The van der Waals surface area contributed by atoms with Crippen LogP contribution in [0.1, 0.15) is 95.1 Å². The number of rotatable bonds is 6. The Kier molecular flexibility index (Phi) is 7.64. The van der Waals surface area contributed by atoms with Crippen LogP contribution in [-0.4, -0.2) is 58.2 Å². The van der Waals surface area contributed by atoms with E-state index >= 15 is 0 Å². The Bertz CT molecular complexity index is 1000. The van der Waals surface area contributed by atoms with E-state index < -0.39 is 11.0 Å². The molecule has 2 unspecified atom stereocenters. The molecule has 0 radical (unpaired) electrons. The van der Waals surface area contributed by atoms with E-state index in [1.807, 2.05) is 34.6 Å². The van der Waals surface area contributed by atoms with Gasteiger partial charge >= 0.3 is 6.09 Å². The number of hydrogen-bond donors (Lipinski definition) is 2. The van der Waals surface area contributed by atoms with Gasteiger partial charge in [0.2, 0.25) is 5.91 Å². The van der Waals surface area contributed by atoms with Crippen LogP contribution < -0.4 is 11.1 Å². The molecule has 3 aliphatic rings. The summed E-state index contributed by atoms with van der Waals surface area (Å²) in [5.74, 6) is 2.79. The summed E-state index contributed by atoms with van der Waals surface area (Å²) in [4.78, 5) is 38.9. The number of aromatic nitrogens is 2. The van der Waals surface area contributed by atoms with E-state index in [4.69, 9.17) is 10.5 Å². The van der Waals surface area contributed by atoms with Gasteiger partial charge < -0.3 is 20.7 Å². The monoisotopic (exact) mass is 515 g/mol. The van der Waals surface area contributed by atoms with Gasteiger partial charge in [-0.05, 0) is 83.0 Å². The molecule has 9 heteroatoms. The van der Waals surface area contributed by atoms with E-state index in [0.29, 0.717) is 54.7 Å². The number of fused-ring (bicyclic) bond motifs is 1. The molecular formula is C28H45N5O4. The molecule has 206 valence electrons. The number of carbonyl (C=O) groups excluding carboxylic acids is 3. The van der Waals surface area contributed by atoms with Crippen LogP contribution >= 0.6 is 0 Å². The molecule has 3 fully saturated rings. The van der Waals surface area contributed by atoms with Crippen molar-refractivity contribution in [1.29, 1.82) is 0 Å². The molecule has 37 heavy (non-hydrogen) atoms. The third kappa shape index (κ3) is 5.80. The van der Waals surface area contributed by atoms with Gasteiger partial charge in [0.25, 0.3) is 0 Å². The molecule has 3 N–H and O–H groups in total. The van der Waals surface area contributed by atoms with Gasteiger partial charge in [-0.25, -0.2) is 4.79 Å². The van der Waals surface area contributed by atoms with Gasteiger partial charge in [0, 0.05) is 38.0 Å². The number of carbonyl (C=O) groups is 3. The van der Waals surface area contributed by atoms with Gasteiger partial charge in [-0.3, -0.25) is 14.3 Å². The topological polar surface area (TPSA) is 120 Å². The van der Waals surface area contributed by atoms with E-state index in [1.165, 1.54) is 0 Å². The van der Waals surface area contributed by atoms with Crippen molar-refractivity contribution < 1.29 is 19.1 Å². The van der Waals surface area contributed by atoms with Crippen molar-refractivity contribution in [2.24, 2.45) is 36.1 Å². The first-order valence-corrected chi connectivity index (χ1v) is 13.8. The molecular weight excluding hydrogens is 470 g/mol. The highest BCUT2D eigenvalue weighted by molar-refractivity contribution is 5.84. The van der Waals surface area contributed by atoms with Gasteiger partial charge in [0.05, 0.1) is 11.3 Å².